The first-order valence-corrected chi connectivity index (χ1v) is 10.4. The lowest BCUT2D eigenvalue weighted by Gasteiger charge is -2.59. The molecule has 0 bridgehead atoms. The molecule has 3 aliphatic heterocycles. The molecule has 0 spiro atoms. The normalized spacial score (nSPS) is 51.1. The van der Waals surface area contributed by atoms with E-state index in [-0.39, 0.29) is 0 Å². The third-order valence-electron chi connectivity index (χ3n) is 6.74. The van der Waals surface area contributed by atoms with E-state index in [4.69, 9.17) is 18.9 Å². The average molecular weight is 476 g/mol. The van der Waals surface area contributed by atoms with Crippen LogP contribution >= 0.6 is 0 Å². The molecule has 0 aromatic rings. The van der Waals surface area contributed by atoms with Crippen LogP contribution in [-0.4, -0.2) is 113 Å². The van der Waals surface area contributed by atoms with Gasteiger partial charge in [-0.15, -0.1) is 19.7 Å². The van der Waals surface area contributed by atoms with Crippen LogP contribution in [0, 0.1) is 0 Å². The molecule has 12 nitrogen and oxygen atoms in total. The molecule has 188 valence electrons. The van der Waals surface area contributed by atoms with Crippen molar-refractivity contribution in [2.75, 3.05) is 19.8 Å². The van der Waals surface area contributed by atoms with Crippen molar-refractivity contribution in [2.24, 2.45) is 0 Å². The van der Waals surface area contributed by atoms with Gasteiger partial charge >= 0.3 is 0 Å². The summed E-state index contributed by atoms with van der Waals surface area (Å²) in [6.45, 7) is 7.85. The van der Waals surface area contributed by atoms with Crippen molar-refractivity contribution < 1.29 is 59.8 Å². The number of hydrogen-bond acceptors (Lipinski definition) is 12. The van der Waals surface area contributed by atoms with E-state index in [1.54, 1.807) is 0 Å². The Balaban J connectivity index is 2.24. The van der Waals surface area contributed by atoms with Crippen LogP contribution in [0.2, 0.25) is 0 Å². The van der Waals surface area contributed by atoms with Crippen molar-refractivity contribution in [2.45, 2.75) is 71.9 Å². The summed E-state index contributed by atoms with van der Waals surface area (Å²) >= 11 is 0. The van der Waals surface area contributed by atoms with Gasteiger partial charge in [-0.05, 0) is 0 Å². The molecule has 0 saturated carbocycles. The van der Waals surface area contributed by atoms with Gasteiger partial charge in [-0.1, -0.05) is 18.2 Å². The summed E-state index contributed by atoms with van der Waals surface area (Å²) in [5.41, 5.74) is -5.27. The number of rotatable bonds is 11. The number of hydrogen-bond donors (Lipinski definition) is 8. The first-order chi connectivity index (χ1) is 15.4. The van der Waals surface area contributed by atoms with Gasteiger partial charge in [0.2, 0.25) is 11.6 Å². The first-order valence-electron chi connectivity index (χ1n) is 10.4. The number of ether oxygens (including phenoxy) is 4. The molecule has 33 heavy (non-hydrogen) atoms. The van der Waals surface area contributed by atoms with E-state index < -0.39 is 91.7 Å². The van der Waals surface area contributed by atoms with E-state index in [2.05, 4.69) is 19.7 Å². The standard InChI is InChI=1S/C21H32O12/c1-4-7-17(27)18(28,8-5-2)21(29)20(12-24,33-21)32-19(17,9-6-3)31-16(11-23)15(26)14(25)13(10-22)30-16/h4-6,13-15,22-29H,1-3,7-12H2/t13-,14-,15+,16?,17-,18-,19-,20+,21-/m1/s1. The monoisotopic (exact) mass is 476 g/mol. The molecule has 0 radical (unpaired) electrons. The molecule has 3 fully saturated rings. The maximum Gasteiger partial charge on any atom is 0.259 e. The molecular formula is C21H32O12. The molecule has 3 saturated heterocycles. The average Bonchev–Trinajstić information content (AvgIpc) is 3.33. The molecule has 0 aromatic heterocycles. The third-order valence-corrected chi connectivity index (χ3v) is 6.74. The SMILES string of the molecule is C=CC[C@@]1(OC2(CO)O[C@H](CO)[C@@H](O)[C@@H]2O)O[C@@]2(CO)O[C@]2(O)[C@@](O)(CC=C)[C@]1(O)CC=C. The van der Waals surface area contributed by atoms with Gasteiger partial charge in [-0.3, -0.25) is 0 Å². The molecule has 0 aliphatic carbocycles. The molecule has 0 aromatic carbocycles. The van der Waals surface area contributed by atoms with Gasteiger partial charge in [-0.2, -0.15) is 0 Å². The number of fused-ring (bicyclic) bond motifs is 1. The predicted octanol–water partition coefficient (Wildman–Crippen LogP) is -2.87. The molecule has 12 heteroatoms. The van der Waals surface area contributed by atoms with Gasteiger partial charge in [-0.25, -0.2) is 0 Å². The minimum absolute atomic E-state index is 0.463. The largest absolute Gasteiger partial charge is 0.394 e. The van der Waals surface area contributed by atoms with E-state index in [0.717, 1.165) is 0 Å². The number of aliphatic hydroxyl groups excluding tert-OH is 5. The topological polar surface area (TPSA) is 202 Å². The maximum atomic E-state index is 12.0. The molecule has 0 amide bonds. The zero-order valence-corrected chi connectivity index (χ0v) is 18.0. The molecule has 3 rings (SSSR count). The van der Waals surface area contributed by atoms with Crippen LogP contribution in [0.3, 0.4) is 0 Å². The lowest BCUT2D eigenvalue weighted by Crippen LogP contribution is -2.81. The van der Waals surface area contributed by atoms with Gasteiger partial charge < -0.3 is 59.8 Å². The summed E-state index contributed by atoms with van der Waals surface area (Å²) in [5, 5.41) is 85.2. The van der Waals surface area contributed by atoms with Crippen molar-refractivity contribution in [3.63, 3.8) is 0 Å². The minimum Gasteiger partial charge on any atom is -0.394 e. The first kappa shape index (κ1) is 26.3. The molecule has 9 atom stereocenters. The molecular weight excluding hydrogens is 444 g/mol. The third kappa shape index (κ3) is 3.15. The fourth-order valence-corrected chi connectivity index (χ4v) is 4.95. The summed E-state index contributed by atoms with van der Waals surface area (Å²) in [6.07, 6.45) is -2.88. The summed E-state index contributed by atoms with van der Waals surface area (Å²) in [7, 11) is 0. The molecule has 1 unspecified atom stereocenters. The van der Waals surface area contributed by atoms with Gasteiger partial charge in [0.15, 0.2) is 11.2 Å². The molecule has 3 aliphatic rings. The van der Waals surface area contributed by atoms with Crippen LogP contribution in [0.5, 0.6) is 0 Å². The Morgan fingerprint density at radius 1 is 0.818 bits per heavy atom. The Hall–Kier alpha value is -1.26. The maximum absolute atomic E-state index is 12.0. The van der Waals surface area contributed by atoms with Crippen LogP contribution < -0.4 is 0 Å². The zero-order valence-electron chi connectivity index (χ0n) is 18.0. The predicted molar refractivity (Wildman–Crippen MR) is 109 cm³/mol. The molecule has 3 heterocycles. The highest BCUT2D eigenvalue weighted by Crippen LogP contribution is 2.68. The zero-order chi connectivity index (χ0) is 24.9. The lowest BCUT2D eigenvalue weighted by molar-refractivity contribution is -0.472. The fraction of sp³-hybridized carbons (Fsp3) is 0.714. The Labute approximate surface area is 190 Å². The van der Waals surface area contributed by atoms with Crippen LogP contribution in [0.4, 0.5) is 0 Å². The second-order valence-corrected chi connectivity index (χ2v) is 8.56. The summed E-state index contributed by atoms with van der Waals surface area (Å²) in [4.78, 5) is 0. The van der Waals surface area contributed by atoms with Crippen LogP contribution in [0.25, 0.3) is 0 Å². The van der Waals surface area contributed by atoms with Crippen molar-refractivity contribution in [1.29, 1.82) is 0 Å². The van der Waals surface area contributed by atoms with Crippen LogP contribution in [0.15, 0.2) is 38.0 Å². The van der Waals surface area contributed by atoms with Gasteiger partial charge in [0, 0.05) is 19.3 Å². The van der Waals surface area contributed by atoms with E-state index in [1.807, 2.05) is 0 Å². The summed E-state index contributed by atoms with van der Waals surface area (Å²) in [6, 6.07) is 0. The summed E-state index contributed by atoms with van der Waals surface area (Å²) in [5.74, 6) is -9.87. The van der Waals surface area contributed by atoms with Gasteiger partial charge in [0.25, 0.3) is 11.6 Å². The van der Waals surface area contributed by atoms with Crippen LogP contribution in [0.1, 0.15) is 19.3 Å². The minimum atomic E-state index is -2.64. The van der Waals surface area contributed by atoms with Crippen molar-refractivity contribution in [1.82, 2.24) is 0 Å². The number of epoxide rings is 1. The van der Waals surface area contributed by atoms with Gasteiger partial charge in [0.1, 0.15) is 31.5 Å². The van der Waals surface area contributed by atoms with E-state index in [9.17, 15) is 40.9 Å². The van der Waals surface area contributed by atoms with E-state index in [1.165, 1.54) is 18.2 Å². The highest BCUT2D eigenvalue weighted by molar-refractivity contribution is 5.31. The Kier molecular flexibility index (Phi) is 6.74. The van der Waals surface area contributed by atoms with E-state index >= 15 is 0 Å². The fourth-order valence-electron chi connectivity index (χ4n) is 4.95. The van der Waals surface area contributed by atoms with Crippen molar-refractivity contribution in [3.8, 4) is 0 Å². The Morgan fingerprint density at radius 3 is 1.85 bits per heavy atom. The van der Waals surface area contributed by atoms with Crippen molar-refractivity contribution >= 4 is 0 Å². The second-order valence-electron chi connectivity index (χ2n) is 8.56. The van der Waals surface area contributed by atoms with E-state index in [0.29, 0.717) is 0 Å². The summed E-state index contributed by atoms with van der Waals surface area (Å²) < 4.78 is 22.5. The van der Waals surface area contributed by atoms with Crippen LogP contribution in [-0.2, 0) is 18.9 Å². The van der Waals surface area contributed by atoms with Gasteiger partial charge in [0.05, 0.1) is 6.61 Å². The Morgan fingerprint density at radius 2 is 1.39 bits per heavy atom. The second kappa shape index (κ2) is 8.45. The molecule has 8 N–H and O–H groups in total. The smallest absolute Gasteiger partial charge is 0.259 e. The highest BCUT2D eigenvalue weighted by atomic mass is 16.9. The highest BCUT2D eigenvalue weighted by Gasteiger charge is 2.92. The van der Waals surface area contributed by atoms with Crippen molar-refractivity contribution in [3.05, 3.63) is 38.0 Å². The number of aliphatic hydroxyl groups is 8. The Bertz CT molecular complexity index is 793. The quantitative estimate of drug-likeness (QED) is 0.112. The lowest BCUT2D eigenvalue weighted by atomic mass is 9.65.